The third kappa shape index (κ3) is 3.70. The molecule has 5 nitrogen and oxygen atoms in total. The van der Waals surface area contributed by atoms with E-state index < -0.39 is 0 Å². The van der Waals surface area contributed by atoms with Crippen LogP contribution in [0.1, 0.15) is 25.5 Å². The minimum atomic E-state index is -0.257. The maximum Gasteiger partial charge on any atom is 0.226 e. The molecule has 6 heteroatoms. The number of nitrogens with zero attached hydrogens (tertiary/aromatic N) is 2. The molecule has 0 spiro atoms. The van der Waals surface area contributed by atoms with Crippen LogP contribution in [0.15, 0.2) is 18.2 Å². The van der Waals surface area contributed by atoms with Gasteiger partial charge in [-0.2, -0.15) is 0 Å². The number of hydrogen-bond acceptors (Lipinski definition) is 4. The van der Waals surface area contributed by atoms with E-state index in [9.17, 15) is 9.18 Å². The number of amides is 1. The smallest absolute Gasteiger partial charge is 0.226 e. The standard InChI is InChI=1S/C18H27FN4O/c1-3-22-6-8-23(9-7-22)17-5-4-15(19)10-16(17)13(2)21-18(24)14-11-20-12-14/h4-5,10,13-14,20H,3,6-9,11-12H2,1-2H3,(H,21,24). The third-order valence-electron chi connectivity index (χ3n) is 5.13. The van der Waals surface area contributed by atoms with Gasteiger partial charge in [0, 0.05) is 50.5 Å². The normalized spacial score (nSPS) is 20.5. The number of benzene rings is 1. The van der Waals surface area contributed by atoms with Crippen molar-refractivity contribution in [2.45, 2.75) is 19.9 Å². The van der Waals surface area contributed by atoms with Crippen LogP contribution >= 0.6 is 0 Å². The van der Waals surface area contributed by atoms with Crippen LogP contribution in [0.2, 0.25) is 0 Å². The predicted octanol–water partition coefficient (Wildman–Crippen LogP) is 1.36. The first-order valence-corrected chi connectivity index (χ1v) is 8.86. The maximum absolute atomic E-state index is 13.8. The predicted molar refractivity (Wildman–Crippen MR) is 93.6 cm³/mol. The topological polar surface area (TPSA) is 47.6 Å². The van der Waals surface area contributed by atoms with Crippen molar-refractivity contribution in [3.63, 3.8) is 0 Å². The Morgan fingerprint density at radius 1 is 1.33 bits per heavy atom. The van der Waals surface area contributed by atoms with Crippen LogP contribution in [0.4, 0.5) is 10.1 Å². The van der Waals surface area contributed by atoms with E-state index in [2.05, 4.69) is 27.4 Å². The largest absolute Gasteiger partial charge is 0.369 e. The van der Waals surface area contributed by atoms with Crippen molar-refractivity contribution in [2.24, 2.45) is 5.92 Å². The zero-order valence-electron chi connectivity index (χ0n) is 14.5. The van der Waals surface area contributed by atoms with Crippen LogP contribution < -0.4 is 15.5 Å². The summed E-state index contributed by atoms with van der Waals surface area (Å²) in [6, 6.07) is 4.72. The molecule has 3 rings (SSSR count). The van der Waals surface area contributed by atoms with Crippen LogP contribution in [-0.2, 0) is 4.79 Å². The molecule has 2 aliphatic heterocycles. The molecule has 1 aromatic rings. The summed E-state index contributed by atoms with van der Waals surface area (Å²) in [5, 5.41) is 6.15. The number of rotatable bonds is 5. The summed E-state index contributed by atoms with van der Waals surface area (Å²) in [7, 11) is 0. The quantitative estimate of drug-likeness (QED) is 0.854. The van der Waals surface area contributed by atoms with Gasteiger partial charge in [0.25, 0.3) is 0 Å². The Morgan fingerprint density at radius 2 is 2.04 bits per heavy atom. The number of piperazine rings is 1. The van der Waals surface area contributed by atoms with Gasteiger partial charge in [-0.3, -0.25) is 4.79 Å². The molecule has 0 bridgehead atoms. The van der Waals surface area contributed by atoms with E-state index in [0.29, 0.717) is 0 Å². The number of carbonyl (C=O) groups excluding carboxylic acids is 1. The first-order valence-electron chi connectivity index (χ1n) is 8.86. The summed E-state index contributed by atoms with van der Waals surface area (Å²) in [6.45, 7) is 10.5. The number of nitrogens with one attached hydrogen (secondary N) is 2. The molecule has 2 saturated heterocycles. The summed E-state index contributed by atoms with van der Waals surface area (Å²) in [5.74, 6) is -0.169. The zero-order chi connectivity index (χ0) is 17.1. The molecule has 0 radical (unpaired) electrons. The number of hydrogen-bond donors (Lipinski definition) is 2. The average molecular weight is 334 g/mol. The van der Waals surface area contributed by atoms with Crippen LogP contribution in [0.25, 0.3) is 0 Å². The molecule has 0 aromatic heterocycles. The number of likely N-dealkylation sites (N-methyl/N-ethyl adjacent to an activating group) is 1. The second-order valence-electron chi connectivity index (χ2n) is 6.71. The highest BCUT2D eigenvalue weighted by molar-refractivity contribution is 5.80. The van der Waals surface area contributed by atoms with Crippen molar-refractivity contribution in [1.82, 2.24) is 15.5 Å². The van der Waals surface area contributed by atoms with Gasteiger partial charge in [-0.25, -0.2) is 4.39 Å². The van der Waals surface area contributed by atoms with Gasteiger partial charge in [0.05, 0.1) is 12.0 Å². The van der Waals surface area contributed by atoms with Gasteiger partial charge in [0.2, 0.25) is 5.91 Å². The Labute approximate surface area is 143 Å². The zero-order valence-corrected chi connectivity index (χ0v) is 14.5. The molecule has 2 heterocycles. The summed E-state index contributed by atoms with van der Waals surface area (Å²) >= 11 is 0. The first kappa shape index (κ1) is 17.2. The fourth-order valence-corrected chi connectivity index (χ4v) is 3.35. The fraction of sp³-hybridized carbons (Fsp3) is 0.611. The fourth-order valence-electron chi connectivity index (χ4n) is 3.35. The highest BCUT2D eigenvalue weighted by atomic mass is 19.1. The molecule has 2 fully saturated rings. The number of anilines is 1. The van der Waals surface area contributed by atoms with E-state index in [0.717, 1.165) is 57.1 Å². The molecule has 2 N–H and O–H groups in total. The molecular formula is C18H27FN4O. The molecule has 24 heavy (non-hydrogen) atoms. The lowest BCUT2D eigenvalue weighted by Gasteiger charge is -2.37. The van der Waals surface area contributed by atoms with E-state index in [-0.39, 0.29) is 23.7 Å². The Hall–Kier alpha value is -1.66. The summed E-state index contributed by atoms with van der Waals surface area (Å²) < 4.78 is 13.8. The first-order chi connectivity index (χ1) is 11.6. The Bertz CT molecular complexity index is 582. The highest BCUT2D eigenvalue weighted by Gasteiger charge is 2.27. The lowest BCUT2D eigenvalue weighted by Crippen LogP contribution is -2.51. The Kier molecular flexibility index (Phi) is 5.36. The molecule has 1 unspecified atom stereocenters. The molecule has 0 aliphatic carbocycles. The maximum atomic E-state index is 13.8. The van der Waals surface area contributed by atoms with E-state index >= 15 is 0 Å². The molecule has 1 amide bonds. The van der Waals surface area contributed by atoms with Crippen molar-refractivity contribution in [2.75, 3.05) is 50.7 Å². The van der Waals surface area contributed by atoms with Gasteiger partial charge >= 0.3 is 0 Å². The highest BCUT2D eigenvalue weighted by Crippen LogP contribution is 2.28. The van der Waals surface area contributed by atoms with Gasteiger partial charge in [0.15, 0.2) is 0 Å². The summed E-state index contributed by atoms with van der Waals surface area (Å²) in [4.78, 5) is 16.9. The van der Waals surface area contributed by atoms with Gasteiger partial charge in [-0.15, -0.1) is 0 Å². The van der Waals surface area contributed by atoms with Crippen molar-refractivity contribution in [1.29, 1.82) is 0 Å². The lowest BCUT2D eigenvalue weighted by molar-refractivity contribution is -0.127. The minimum absolute atomic E-state index is 0.0394. The van der Waals surface area contributed by atoms with Crippen molar-refractivity contribution in [3.05, 3.63) is 29.6 Å². The molecule has 1 aromatic carbocycles. The van der Waals surface area contributed by atoms with Crippen LogP contribution in [0.3, 0.4) is 0 Å². The van der Waals surface area contributed by atoms with Gasteiger partial charge in [-0.05, 0) is 31.7 Å². The van der Waals surface area contributed by atoms with E-state index in [1.54, 1.807) is 6.07 Å². The van der Waals surface area contributed by atoms with Crippen LogP contribution in [-0.4, -0.2) is 56.6 Å². The van der Waals surface area contributed by atoms with E-state index in [4.69, 9.17) is 0 Å². The van der Waals surface area contributed by atoms with Crippen molar-refractivity contribution in [3.8, 4) is 0 Å². The molecule has 132 valence electrons. The molecule has 0 saturated carbocycles. The SMILES string of the molecule is CCN1CCN(c2ccc(F)cc2C(C)NC(=O)C2CNC2)CC1. The molecule has 1 atom stereocenters. The summed E-state index contributed by atoms with van der Waals surface area (Å²) in [6.07, 6.45) is 0. The Balaban J connectivity index is 1.74. The monoisotopic (exact) mass is 334 g/mol. The molecular weight excluding hydrogens is 307 g/mol. The third-order valence-corrected chi connectivity index (χ3v) is 5.13. The lowest BCUT2D eigenvalue weighted by atomic mass is 10.00. The van der Waals surface area contributed by atoms with Crippen molar-refractivity contribution < 1.29 is 9.18 Å². The van der Waals surface area contributed by atoms with Crippen LogP contribution in [0, 0.1) is 11.7 Å². The Morgan fingerprint density at radius 3 is 2.62 bits per heavy atom. The van der Waals surface area contributed by atoms with Gasteiger partial charge in [-0.1, -0.05) is 6.92 Å². The minimum Gasteiger partial charge on any atom is -0.369 e. The van der Waals surface area contributed by atoms with Gasteiger partial charge < -0.3 is 20.4 Å². The van der Waals surface area contributed by atoms with Gasteiger partial charge in [0.1, 0.15) is 5.82 Å². The van der Waals surface area contributed by atoms with Crippen molar-refractivity contribution >= 4 is 11.6 Å². The number of halogens is 1. The van der Waals surface area contributed by atoms with E-state index in [1.165, 1.54) is 6.07 Å². The number of carbonyl (C=O) groups is 1. The summed E-state index contributed by atoms with van der Waals surface area (Å²) in [5.41, 5.74) is 1.90. The second kappa shape index (κ2) is 7.49. The second-order valence-corrected chi connectivity index (χ2v) is 6.71. The van der Waals surface area contributed by atoms with E-state index in [1.807, 2.05) is 13.0 Å². The average Bonchev–Trinajstić information content (AvgIpc) is 2.53. The van der Waals surface area contributed by atoms with Crippen LogP contribution in [0.5, 0.6) is 0 Å². The molecule has 2 aliphatic rings.